The van der Waals surface area contributed by atoms with E-state index in [0.717, 1.165) is 19.4 Å². The lowest BCUT2D eigenvalue weighted by atomic mass is 10.1. The van der Waals surface area contributed by atoms with E-state index in [1.54, 1.807) is 0 Å². The lowest BCUT2D eigenvalue weighted by Crippen LogP contribution is -2.24. The minimum absolute atomic E-state index is 0.168. The minimum atomic E-state index is 0.168. The van der Waals surface area contributed by atoms with Crippen molar-refractivity contribution in [3.05, 3.63) is 35.4 Å². The van der Waals surface area contributed by atoms with E-state index in [2.05, 4.69) is 43.4 Å². The Labute approximate surface area is 104 Å². The first kappa shape index (κ1) is 13.8. The summed E-state index contributed by atoms with van der Waals surface area (Å²) in [6.07, 6.45) is 4.90. The molecule has 17 heavy (non-hydrogen) atoms. The lowest BCUT2D eigenvalue weighted by Gasteiger charge is -2.05. The van der Waals surface area contributed by atoms with Gasteiger partial charge >= 0.3 is 0 Å². The number of nitrogens with one attached hydrogen (secondary N) is 1. The van der Waals surface area contributed by atoms with Crippen LogP contribution in [0.2, 0.25) is 0 Å². The van der Waals surface area contributed by atoms with Crippen molar-refractivity contribution in [2.24, 2.45) is 0 Å². The van der Waals surface area contributed by atoms with Crippen LogP contribution in [0.25, 0.3) is 0 Å². The van der Waals surface area contributed by atoms with E-state index in [1.807, 2.05) is 0 Å². The minimum Gasteiger partial charge on any atom is -0.356 e. The van der Waals surface area contributed by atoms with Crippen LogP contribution in [0.15, 0.2) is 24.3 Å². The second kappa shape index (κ2) is 7.88. The summed E-state index contributed by atoms with van der Waals surface area (Å²) in [6.45, 7) is 5.06. The predicted molar refractivity (Wildman–Crippen MR) is 72.0 cm³/mol. The average Bonchev–Trinajstić information content (AvgIpc) is 2.34. The molecule has 94 valence electrons. The van der Waals surface area contributed by atoms with Crippen LogP contribution in [0.1, 0.15) is 43.7 Å². The summed E-state index contributed by atoms with van der Waals surface area (Å²) >= 11 is 0. The summed E-state index contributed by atoms with van der Waals surface area (Å²) in [5.41, 5.74) is 2.50. The fourth-order valence-corrected chi connectivity index (χ4v) is 1.70. The third kappa shape index (κ3) is 6.10. The Kier molecular flexibility index (Phi) is 6.38. The monoisotopic (exact) mass is 233 g/mol. The third-order valence-electron chi connectivity index (χ3n) is 2.86. The molecule has 0 aliphatic rings. The van der Waals surface area contributed by atoms with Crippen molar-refractivity contribution >= 4 is 5.91 Å². The standard InChI is InChI=1S/C15H23NO/c1-3-4-5-12-16-15(17)11-10-14-8-6-13(2)7-9-14/h6-9H,3-5,10-12H2,1-2H3,(H,16,17). The molecule has 0 aliphatic heterocycles. The van der Waals surface area contributed by atoms with Gasteiger partial charge in [-0.25, -0.2) is 0 Å². The Balaban J connectivity index is 2.17. The van der Waals surface area contributed by atoms with Gasteiger partial charge < -0.3 is 5.32 Å². The molecule has 0 spiro atoms. The first-order chi connectivity index (χ1) is 8.22. The molecule has 0 saturated heterocycles. The highest BCUT2D eigenvalue weighted by Gasteiger charge is 2.01. The molecule has 0 aliphatic carbocycles. The zero-order valence-corrected chi connectivity index (χ0v) is 11.0. The van der Waals surface area contributed by atoms with Gasteiger partial charge in [-0.3, -0.25) is 4.79 Å². The van der Waals surface area contributed by atoms with Gasteiger partial charge in [0.2, 0.25) is 5.91 Å². The van der Waals surface area contributed by atoms with Crippen molar-refractivity contribution in [2.45, 2.75) is 46.0 Å². The number of hydrogen-bond acceptors (Lipinski definition) is 1. The van der Waals surface area contributed by atoms with Crippen molar-refractivity contribution < 1.29 is 4.79 Å². The Bertz CT molecular complexity index is 329. The number of amides is 1. The number of benzene rings is 1. The van der Waals surface area contributed by atoms with Crippen molar-refractivity contribution in [1.29, 1.82) is 0 Å². The van der Waals surface area contributed by atoms with Crippen LogP contribution in [0.5, 0.6) is 0 Å². The number of rotatable bonds is 7. The maximum Gasteiger partial charge on any atom is 0.220 e. The molecule has 0 unspecified atom stereocenters. The van der Waals surface area contributed by atoms with Crippen molar-refractivity contribution in [3.8, 4) is 0 Å². The molecule has 1 rings (SSSR count). The highest BCUT2D eigenvalue weighted by molar-refractivity contribution is 5.76. The van der Waals surface area contributed by atoms with Gasteiger partial charge in [0.05, 0.1) is 0 Å². The fraction of sp³-hybridized carbons (Fsp3) is 0.533. The highest BCUT2D eigenvalue weighted by atomic mass is 16.1. The van der Waals surface area contributed by atoms with Gasteiger partial charge in [-0.05, 0) is 25.3 Å². The quantitative estimate of drug-likeness (QED) is 0.720. The molecule has 0 bridgehead atoms. The van der Waals surface area contributed by atoms with E-state index in [9.17, 15) is 4.79 Å². The number of carbonyl (C=O) groups excluding carboxylic acids is 1. The first-order valence-electron chi connectivity index (χ1n) is 6.54. The molecule has 0 heterocycles. The van der Waals surface area contributed by atoms with E-state index in [0.29, 0.717) is 6.42 Å². The summed E-state index contributed by atoms with van der Waals surface area (Å²) in [6, 6.07) is 8.38. The van der Waals surface area contributed by atoms with E-state index in [4.69, 9.17) is 0 Å². The van der Waals surface area contributed by atoms with Crippen LogP contribution in [-0.4, -0.2) is 12.5 Å². The highest BCUT2D eigenvalue weighted by Crippen LogP contribution is 2.05. The summed E-state index contributed by atoms with van der Waals surface area (Å²) < 4.78 is 0. The second-order valence-corrected chi connectivity index (χ2v) is 4.54. The van der Waals surface area contributed by atoms with Gasteiger partial charge in [0, 0.05) is 13.0 Å². The van der Waals surface area contributed by atoms with Crippen LogP contribution < -0.4 is 5.32 Å². The fourth-order valence-electron chi connectivity index (χ4n) is 1.70. The molecule has 0 radical (unpaired) electrons. The van der Waals surface area contributed by atoms with Gasteiger partial charge in [-0.1, -0.05) is 49.6 Å². The zero-order chi connectivity index (χ0) is 12.5. The van der Waals surface area contributed by atoms with Gasteiger partial charge in [-0.2, -0.15) is 0 Å². The van der Waals surface area contributed by atoms with Gasteiger partial charge in [0.15, 0.2) is 0 Å². The second-order valence-electron chi connectivity index (χ2n) is 4.54. The summed E-state index contributed by atoms with van der Waals surface area (Å²) in [5.74, 6) is 0.168. The normalized spacial score (nSPS) is 10.2. The first-order valence-corrected chi connectivity index (χ1v) is 6.54. The van der Waals surface area contributed by atoms with Crippen LogP contribution >= 0.6 is 0 Å². The zero-order valence-electron chi connectivity index (χ0n) is 11.0. The van der Waals surface area contributed by atoms with Gasteiger partial charge in [0.25, 0.3) is 0 Å². The average molecular weight is 233 g/mol. The summed E-state index contributed by atoms with van der Waals surface area (Å²) in [5, 5.41) is 2.96. The largest absolute Gasteiger partial charge is 0.356 e. The predicted octanol–water partition coefficient (Wildman–Crippen LogP) is 3.23. The maximum absolute atomic E-state index is 11.5. The van der Waals surface area contributed by atoms with E-state index < -0.39 is 0 Å². The van der Waals surface area contributed by atoms with Crippen molar-refractivity contribution in [1.82, 2.24) is 5.32 Å². The molecular formula is C15H23NO. The summed E-state index contributed by atoms with van der Waals surface area (Å²) in [7, 11) is 0. The number of carbonyl (C=O) groups is 1. The van der Waals surface area contributed by atoms with E-state index in [-0.39, 0.29) is 5.91 Å². The smallest absolute Gasteiger partial charge is 0.220 e. The molecular weight excluding hydrogens is 210 g/mol. The number of aryl methyl sites for hydroxylation is 2. The van der Waals surface area contributed by atoms with Gasteiger partial charge in [-0.15, -0.1) is 0 Å². The van der Waals surface area contributed by atoms with Crippen LogP contribution in [-0.2, 0) is 11.2 Å². The molecule has 0 atom stereocenters. The topological polar surface area (TPSA) is 29.1 Å². The lowest BCUT2D eigenvalue weighted by molar-refractivity contribution is -0.121. The van der Waals surface area contributed by atoms with Gasteiger partial charge in [0.1, 0.15) is 0 Å². The molecule has 0 fully saturated rings. The molecule has 0 aromatic heterocycles. The molecule has 0 saturated carbocycles. The Morgan fingerprint density at radius 3 is 2.53 bits per heavy atom. The molecule has 1 amide bonds. The number of hydrogen-bond donors (Lipinski definition) is 1. The van der Waals surface area contributed by atoms with Crippen LogP contribution in [0, 0.1) is 6.92 Å². The molecule has 2 heteroatoms. The van der Waals surface area contributed by atoms with Crippen molar-refractivity contribution in [2.75, 3.05) is 6.54 Å². The van der Waals surface area contributed by atoms with Crippen LogP contribution in [0.3, 0.4) is 0 Å². The maximum atomic E-state index is 11.5. The Morgan fingerprint density at radius 2 is 1.88 bits per heavy atom. The van der Waals surface area contributed by atoms with Crippen molar-refractivity contribution in [3.63, 3.8) is 0 Å². The van der Waals surface area contributed by atoms with E-state index >= 15 is 0 Å². The summed E-state index contributed by atoms with van der Waals surface area (Å²) in [4.78, 5) is 11.5. The van der Waals surface area contributed by atoms with E-state index in [1.165, 1.54) is 24.0 Å². The molecule has 1 aromatic carbocycles. The molecule has 1 aromatic rings. The Morgan fingerprint density at radius 1 is 1.18 bits per heavy atom. The van der Waals surface area contributed by atoms with Crippen LogP contribution in [0.4, 0.5) is 0 Å². The molecule has 2 nitrogen and oxygen atoms in total. The molecule has 1 N–H and O–H groups in total. The SMILES string of the molecule is CCCCCNC(=O)CCc1ccc(C)cc1. The number of unbranched alkanes of at least 4 members (excludes halogenated alkanes) is 2. The Hall–Kier alpha value is -1.31. The third-order valence-corrected chi connectivity index (χ3v) is 2.86.